The van der Waals surface area contributed by atoms with Crippen molar-refractivity contribution in [3.05, 3.63) is 89.5 Å². The van der Waals surface area contributed by atoms with Crippen molar-refractivity contribution < 1.29 is 14.6 Å². The molecule has 0 saturated heterocycles. The van der Waals surface area contributed by atoms with Crippen LogP contribution in [0.5, 0.6) is 5.75 Å². The summed E-state index contributed by atoms with van der Waals surface area (Å²) in [5, 5.41) is 12.2. The van der Waals surface area contributed by atoms with Gasteiger partial charge in [0, 0.05) is 34.9 Å². The molecule has 1 aliphatic carbocycles. The zero-order chi connectivity index (χ0) is 26.3. The van der Waals surface area contributed by atoms with Gasteiger partial charge in [0.15, 0.2) is 0 Å². The molecule has 0 unspecified atom stereocenters. The molecule has 0 radical (unpaired) electrons. The average molecular weight is 519 g/mol. The lowest BCUT2D eigenvalue weighted by Gasteiger charge is -2.25. The van der Waals surface area contributed by atoms with Gasteiger partial charge in [-0.15, -0.1) is 0 Å². The number of carbonyl (C=O) groups is 1. The molecule has 1 N–H and O–H groups in total. The van der Waals surface area contributed by atoms with Crippen molar-refractivity contribution in [2.75, 3.05) is 0 Å². The molecule has 5 heteroatoms. The fraction of sp³-hybridized carbons (Fsp3) is 0.324. The van der Waals surface area contributed by atoms with Gasteiger partial charge in [-0.2, -0.15) is 0 Å². The van der Waals surface area contributed by atoms with E-state index in [4.69, 9.17) is 4.74 Å². The topological polar surface area (TPSA) is 56.4 Å². The number of carboxylic acids is 1. The summed E-state index contributed by atoms with van der Waals surface area (Å²) >= 11 is 0. The number of hydrogen-bond acceptors (Lipinski definition) is 2. The first-order chi connectivity index (χ1) is 19.2. The number of rotatable bonds is 5. The maximum absolute atomic E-state index is 11.9. The standard InChI is InChI=1S/C34H34N2O3/c37-34(38)25-13-15-28-30(20-25)36-18-8-7-17-35-29-16-14-27(39-22-23-9-3-1-4-10-23)19-26(29)21-31(35)33(36)32(28)24-11-5-2-6-12-24/h1,3-4,9-10,13-16,19-21,24H,2,5-8,11-12,17-18,22H2,(H,37,38). The monoisotopic (exact) mass is 518 g/mol. The van der Waals surface area contributed by atoms with Crippen molar-refractivity contribution in [3.63, 3.8) is 0 Å². The highest BCUT2D eigenvalue weighted by atomic mass is 16.5. The summed E-state index contributed by atoms with van der Waals surface area (Å²) in [6.45, 7) is 2.44. The largest absolute Gasteiger partial charge is 0.489 e. The predicted molar refractivity (Wildman–Crippen MR) is 156 cm³/mol. The van der Waals surface area contributed by atoms with Gasteiger partial charge in [0.1, 0.15) is 12.4 Å². The van der Waals surface area contributed by atoms with Gasteiger partial charge in [0.25, 0.3) is 0 Å². The van der Waals surface area contributed by atoms with Gasteiger partial charge in [-0.1, -0.05) is 55.7 Å². The Hall–Kier alpha value is -3.99. The van der Waals surface area contributed by atoms with Crippen LogP contribution in [0.3, 0.4) is 0 Å². The fourth-order valence-corrected chi connectivity index (χ4v) is 6.88. The van der Waals surface area contributed by atoms with Crippen LogP contribution in [0.2, 0.25) is 0 Å². The third kappa shape index (κ3) is 4.30. The number of aryl methyl sites for hydroxylation is 2. The average Bonchev–Trinajstić information content (AvgIpc) is 3.47. The molecule has 5 nitrogen and oxygen atoms in total. The molecule has 0 atom stereocenters. The van der Waals surface area contributed by atoms with Gasteiger partial charge in [0.05, 0.1) is 17.0 Å². The summed E-state index contributed by atoms with van der Waals surface area (Å²) in [7, 11) is 0. The first kappa shape index (κ1) is 24.1. The van der Waals surface area contributed by atoms with E-state index in [2.05, 4.69) is 51.6 Å². The molecule has 1 fully saturated rings. The van der Waals surface area contributed by atoms with Crippen LogP contribution in [0.4, 0.5) is 0 Å². The molecule has 7 rings (SSSR count). The highest BCUT2D eigenvalue weighted by Crippen LogP contribution is 2.46. The zero-order valence-corrected chi connectivity index (χ0v) is 22.2. The second-order valence-electron chi connectivity index (χ2n) is 11.2. The van der Waals surface area contributed by atoms with Gasteiger partial charge in [0.2, 0.25) is 0 Å². The summed E-state index contributed by atoms with van der Waals surface area (Å²) in [6, 6.07) is 24.8. The SMILES string of the molecule is O=C(O)c1ccc2c(C3CCCCC3)c3n(c2c1)CCCCn1c-3cc2cc(OCc3ccccc3)ccc21. The minimum atomic E-state index is -0.866. The van der Waals surface area contributed by atoms with Crippen molar-refractivity contribution in [2.45, 2.75) is 70.6 Å². The smallest absolute Gasteiger partial charge is 0.335 e. The van der Waals surface area contributed by atoms with Crippen LogP contribution in [0.15, 0.2) is 72.8 Å². The van der Waals surface area contributed by atoms with E-state index >= 15 is 0 Å². The van der Waals surface area contributed by atoms with Crippen molar-refractivity contribution in [1.82, 2.24) is 9.13 Å². The van der Waals surface area contributed by atoms with E-state index in [1.807, 2.05) is 24.3 Å². The van der Waals surface area contributed by atoms with Crippen LogP contribution in [0, 0.1) is 0 Å². The molecule has 0 bridgehead atoms. The van der Waals surface area contributed by atoms with Crippen LogP contribution >= 0.6 is 0 Å². The predicted octanol–water partition coefficient (Wildman–Crippen LogP) is 8.38. The minimum Gasteiger partial charge on any atom is -0.489 e. The number of aromatic nitrogens is 2. The number of ether oxygens (including phenoxy) is 1. The number of carboxylic acid groups (broad SMARTS) is 1. The first-order valence-corrected chi connectivity index (χ1v) is 14.4. The van der Waals surface area contributed by atoms with Crippen molar-refractivity contribution in [2.24, 2.45) is 0 Å². The van der Waals surface area contributed by atoms with Crippen LogP contribution in [-0.2, 0) is 19.7 Å². The molecule has 1 aliphatic heterocycles. The molecule has 2 aliphatic rings. The number of aromatic carboxylic acids is 1. The molecular weight excluding hydrogens is 484 g/mol. The summed E-state index contributed by atoms with van der Waals surface area (Å²) in [5.74, 6) is 0.516. The summed E-state index contributed by atoms with van der Waals surface area (Å²) in [4.78, 5) is 11.9. The Kier molecular flexibility index (Phi) is 6.15. The van der Waals surface area contributed by atoms with E-state index in [0.29, 0.717) is 18.1 Å². The normalized spacial score (nSPS) is 16.0. The Morgan fingerprint density at radius 2 is 1.62 bits per heavy atom. The maximum Gasteiger partial charge on any atom is 0.335 e. The summed E-state index contributed by atoms with van der Waals surface area (Å²) in [5.41, 5.74) is 7.78. The van der Waals surface area contributed by atoms with Crippen LogP contribution in [0.1, 0.15) is 72.3 Å². The lowest BCUT2D eigenvalue weighted by atomic mass is 9.82. The summed E-state index contributed by atoms with van der Waals surface area (Å²) < 4.78 is 11.1. The third-order valence-electron chi connectivity index (χ3n) is 8.74. The van der Waals surface area contributed by atoms with Gasteiger partial charge in [-0.25, -0.2) is 4.79 Å². The molecule has 1 saturated carbocycles. The molecular formula is C34H34N2O3. The molecule has 39 heavy (non-hydrogen) atoms. The molecule has 3 heterocycles. The minimum absolute atomic E-state index is 0.362. The number of benzene rings is 3. The van der Waals surface area contributed by atoms with Crippen LogP contribution in [-0.4, -0.2) is 20.2 Å². The lowest BCUT2D eigenvalue weighted by Crippen LogP contribution is -2.12. The first-order valence-electron chi connectivity index (χ1n) is 14.4. The second-order valence-corrected chi connectivity index (χ2v) is 11.2. The maximum atomic E-state index is 11.9. The van der Waals surface area contributed by atoms with Crippen LogP contribution in [0.25, 0.3) is 33.2 Å². The molecule has 3 aromatic carbocycles. The quantitative estimate of drug-likeness (QED) is 0.254. The van der Waals surface area contributed by atoms with Crippen molar-refractivity contribution in [3.8, 4) is 17.1 Å². The third-order valence-corrected chi connectivity index (χ3v) is 8.74. The van der Waals surface area contributed by atoms with Crippen molar-refractivity contribution >= 4 is 27.8 Å². The lowest BCUT2D eigenvalue weighted by molar-refractivity contribution is 0.0697. The zero-order valence-electron chi connectivity index (χ0n) is 22.2. The van der Waals surface area contributed by atoms with Gasteiger partial charge in [-0.05, 0) is 79.1 Å². The Bertz CT molecular complexity index is 1670. The number of fused-ring (bicyclic) bond motifs is 7. The highest BCUT2D eigenvalue weighted by molar-refractivity contribution is 5.99. The fourth-order valence-electron chi connectivity index (χ4n) is 6.88. The van der Waals surface area contributed by atoms with E-state index in [-0.39, 0.29) is 0 Å². The van der Waals surface area contributed by atoms with Gasteiger partial charge >= 0.3 is 5.97 Å². The van der Waals surface area contributed by atoms with E-state index in [1.54, 1.807) is 6.07 Å². The van der Waals surface area contributed by atoms with E-state index in [9.17, 15) is 9.90 Å². The molecule has 0 amide bonds. The van der Waals surface area contributed by atoms with Gasteiger partial charge < -0.3 is 19.0 Å². The Morgan fingerprint density at radius 1 is 0.821 bits per heavy atom. The number of hydrogen-bond donors (Lipinski definition) is 1. The Balaban J connectivity index is 1.39. The highest BCUT2D eigenvalue weighted by Gasteiger charge is 2.29. The molecule has 0 spiro atoms. The summed E-state index contributed by atoms with van der Waals surface area (Å²) in [6.07, 6.45) is 8.37. The van der Waals surface area contributed by atoms with E-state index in [0.717, 1.165) is 42.8 Å². The Labute approximate surface area is 228 Å². The van der Waals surface area contributed by atoms with Crippen molar-refractivity contribution in [1.29, 1.82) is 0 Å². The van der Waals surface area contributed by atoms with Crippen LogP contribution < -0.4 is 4.74 Å². The number of nitrogens with zero attached hydrogens (tertiary/aromatic N) is 2. The molecule has 5 aromatic rings. The second kappa shape index (κ2) is 9.96. The molecule has 198 valence electrons. The van der Waals surface area contributed by atoms with E-state index in [1.165, 1.54) is 65.3 Å². The van der Waals surface area contributed by atoms with E-state index < -0.39 is 5.97 Å². The Morgan fingerprint density at radius 3 is 2.41 bits per heavy atom. The van der Waals surface area contributed by atoms with Gasteiger partial charge in [-0.3, -0.25) is 0 Å². The molecule has 2 aromatic heterocycles.